The molecule has 570 valence electrons. The number of carbonyl (C=O) groups is 4. The van der Waals surface area contributed by atoms with Crippen molar-refractivity contribution in [1.82, 2.24) is 86.5 Å². The van der Waals surface area contributed by atoms with Crippen molar-refractivity contribution in [2.45, 2.75) is 105 Å². The van der Waals surface area contributed by atoms with Crippen LogP contribution in [0.2, 0.25) is 0 Å². The first kappa shape index (κ1) is 77.5. The van der Waals surface area contributed by atoms with E-state index in [-0.39, 0.29) is 67.6 Å². The second kappa shape index (κ2) is 36.2. The number of nitrogens with zero attached hydrogens (tertiary/aromatic N) is 15. The molecule has 0 aliphatic rings. The number of pyridine rings is 6. The lowest BCUT2D eigenvalue weighted by Gasteiger charge is -2.15. The van der Waals surface area contributed by atoms with E-state index in [2.05, 4.69) is 30.9 Å². The van der Waals surface area contributed by atoms with Gasteiger partial charge in [-0.2, -0.15) is 0 Å². The summed E-state index contributed by atoms with van der Waals surface area (Å²) in [5.74, 6) is -1.97. The highest BCUT2D eigenvalue weighted by Gasteiger charge is 2.22. The fourth-order valence-electron chi connectivity index (χ4n) is 13.1. The van der Waals surface area contributed by atoms with Crippen LogP contribution < -0.4 is 49.1 Å². The van der Waals surface area contributed by atoms with Crippen molar-refractivity contribution in [3.63, 3.8) is 0 Å². The largest absolute Gasteiger partial charge is 0.481 e. The summed E-state index contributed by atoms with van der Waals surface area (Å²) in [4.78, 5) is 115. The Balaban J connectivity index is 0.000000152. The summed E-state index contributed by atoms with van der Waals surface area (Å²) >= 11 is 0. The summed E-state index contributed by atoms with van der Waals surface area (Å²) in [7, 11) is 0. The summed E-state index contributed by atoms with van der Waals surface area (Å²) in [6.45, 7) is 11.4. The number of hydrogen-bond acceptors (Lipinski definition) is 16. The third-order valence-electron chi connectivity index (χ3n) is 18.8. The zero-order valence-corrected chi connectivity index (χ0v) is 62.4. The van der Waals surface area contributed by atoms with E-state index in [0.717, 1.165) is 40.3 Å². The maximum absolute atomic E-state index is 13.4. The van der Waals surface area contributed by atoms with Crippen LogP contribution in [0.5, 0.6) is 0 Å². The van der Waals surface area contributed by atoms with E-state index in [1.54, 1.807) is 88.1 Å². The Morgan fingerprint density at radius 2 is 0.643 bits per heavy atom. The van der Waals surface area contributed by atoms with Gasteiger partial charge in [0.05, 0.1) is 51.8 Å². The van der Waals surface area contributed by atoms with Crippen LogP contribution in [-0.2, 0) is 63.3 Å². The number of carbonyl (C=O) groups excluding carboxylic acids is 3. The Kier molecular flexibility index (Phi) is 25.0. The monoisotopic (exact) mass is 1500 g/mol. The number of carboxylic acid groups (broad SMARTS) is 1. The van der Waals surface area contributed by atoms with Gasteiger partial charge in [-0.15, -0.1) is 0 Å². The van der Waals surface area contributed by atoms with E-state index < -0.39 is 5.97 Å². The number of benzene rings is 3. The zero-order valence-electron chi connectivity index (χ0n) is 62.4. The second-order valence-corrected chi connectivity index (χ2v) is 26.7. The molecule has 12 heterocycles. The molecule has 0 saturated carbocycles. The number of aromatic nitrogens is 15. The van der Waals surface area contributed by atoms with Gasteiger partial charge in [0.25, 0.3) is 40.4 Å². The van der Waals surface area contributed by atoms with Gasteiger partial charge in [-0.1, -0.05) is 109 Å². The minimum Gasteiger partial charge on any atom is -0.481 e. The number of amides is 3. The van der Waals surface area contributed by atoms with Crippen LogP contribution >= 0.6 is 0 Å². The number of imidazole rings is 3. The molecular weight excluding hydrogens is 1420 g/mol. The molecule has 0 spiro atoms. The molecule has 3 amide bonds. The van der Waals surface area contributed by atoms with Crippen molar-refractivity contribution >= 4 is 73.7 Å². The van der Waals surface area contributed by atoms with Gasteiger partial charge in [0.2, 0.25) is 0 Å². The van der Waals surface area contributed by atoms with Crippen LogP contribution in [0.3, 0.4) is 0 Å². The van der Waals surface area contributed by atoms with Gasteiger partial charge in [0, 0.05) is 122 Å². The fraction of sp³-hybridized carbons (Fsp3) is 0.229. The molecule has 29 nitrogen and oxygen atoms in total. The van der Waals surface area contributed by atoms with Crippen LogP contribution in [0.1, 0.15) is 90.6 Å². The van der Waals surface area contributed by atoms with Crippen molar-refractivity contribution in [2.75, 3.05) is 19.6 Å². The number of aliphatic carboxylic acids is 1. The summed E-state index contributed by atoms with van der Waals surface area (Å²) in [6.07, 6.45) is 25.1. The summed E-state index contributed by atoms with van der Waals surface area (Å²) in [5.41, 5.74) is 8.54. The molecule has 29 heteroatoms. The molecular formula is C83H85N21O8. The summed E-state index contributed by atoms with van der Waals surface area (Å²) < 4.78 is 15.4. The Morgan fingerprint density at radius 1 is 0.375 bits per heavy atom. The quantitative estimate of drug-likeness (QED) is 0.0281. The van der Waals surface area contributed by atoms with Crippen molar-refractivity contribution in [3.8, 4) is 0 Å². The van der Waals surface area contributed by atoms with Gasteiger partial charge in [0.15, 0.2) is 0 Å². The van der Waals surface area contributed by atoms with Crippen LogP contribution in [0.4, 0.5) is 0 Å². The molecule has 0 unspecified atom stereocenters. The molecule has 0 saturated heterocycles. The topological polar surface area (TPSA) is 368 Å². The molecule has 112 heavy (non-hydrogen) atoms. The molecule has 0 bridgehead atoms. The molecule has 0 fully saturated rings. The third kappa shape index (κ3) is 18.4. The highest BCUT2D eigenvalue weighted by Crippen LogP contribution is 2.18. The predicted octanol–water partition coefficient (Wildman–Crippen LogP) is 8.18. The number of aryl methyl sites for hydroxylation is 9. The molecule has 0 aliphatic heterocycles. The van der Waals surface area contributed by atoms with Crippen molar-refractivity contribution < 1.29 is 24.3 Å². The Hall–Kier alpha value is -14.1. The molecule has 7 N–H and O–H groups in total. The minimum atomic E-state index is -0.833. The smallest absolute Gasteiger partial charge is 0.300 e. The highest BCUT2D eigenvalue weighted by molar-refractivity contribution is 5.98. The van der Waals surface area contributed by atoms with Crippen LogP contribution in [0.15, 0.2) is 235 Å². The third-order valence-corrected chi connectivity index (χ3v) is 18.8. The lowest BCUT2D eigenvalue weighted by molar-refractivity contribution is -0.134. The lowest BCUT2D eigenvalue weighted by Crippen LogP contribution is -2.36. The standard InChI is InChI=1S/3C27H27N7O2.C2H4O2/c3*1-19-7-5-14-34-24(19)31-25-22(27(34)36)17-21(26(35)30-11-10-20-8-3-2-4-9-20)23(28)33(25)15-6-13-32-16-12-29-18-32;1-2(3)4/h3*2-5,7-9,12,14,16-18,28H,6,10-11,13,15H2,1H3,(H,30,35);1H3,(H,3,4). The van der Waals surface area contributed by atoms with Gasteiger partial charge in [-0.05, 0) is 129 Å². The summed E-state index contributed by atoms with van der Waals surface area (Å²) in [5, 5.41) is 43.7. The molecule has 0 atom stereocenters. The van der Waals surface area contributed by atoms with Crippen molar-refractivity contribution in [1.29, 1.82) is 16.2 Å². The molecule has 3 aromatic carbocycles. The van der Waals surface area contributed by atoms with Crippen molar-refractivity contribution in [2.24, 2.45) is 0 Å². The van der Waals surface area contributed by atoms with Gasteiger partial charge in [-0.25, -0.2) is 29.9 Å². The van der Waals surface area contributed by atoms with Crippen LogP contribution in [0, 0.1) is 37.0 Å². The van der Waals surface area contributed by atoms with Crippen LogP contribution in [-0.4, -0.2) is 119 Å². The fourth-order valence-corrected chi connectivity index (χ4v) is 13.1. The maximum atomic E-state index is 13.4. The number of hydrogen-bond donors (Lipinski definition) is 7. The zero-order chi connectivity index (χ0) is 78.8. The lowest BCUT2D eigenvalue weighted by atomic mass is 10.1. The first-order chi connectivity index (χ1) is 54.3. The highest BCUT2D eigenvalue weighted by atomic mass is 16.4. The number of nitrogens with one attached hydrogen (secondary N) is 6. The minimum absolute atomic E-state index is 0.0372. The van der Waals surface area contributed by atoms with E-state index >= 15 is 0 Å². The normalized spacial score (nSPS) is 11.1. The van der Waals surface area contributed by atoms with Gasteiger partial charge in [-0.3, -0.25) is 63.0 Å². The average molecular weight is 1500 g/mol. The Bertz CT molecular complexity index is 5670. The molecule has 15 rings (SSSR count). The number of fused-ring (bicyclic) bond motifs is 6. The average Bonchev–Trinajstić information content (AvgIpc) is 1.01. The van der Waals surface area contributed by atoms with Gasteiger partial charge in [0.1, 0.15) is 50.3 Å². The van der Waals surface area contributed by atoms with E-state index in [1.165, 1.54) is 31.4 Å². The Morgan fingerprint density at radius 3 is 0.893 bits per heavy atom. The maximum Gasteiger partial charge on any atom is 0.300 e. The Labute approximate surface area is 640 Å². The summed E-state index contributed by atoms with van der Waals surface area (Å²) in [6, 6.07) is 45.2. The van der Waals surface area contributed by atoms with Crippen LogP contribution in [0.25, 0.3) is 50.0 Å². The molecule has 0 aliphatic carbocycles. The SMILES string of the molecule is CC(=O)O.Cc1cccn2c(=O)c3cc(C(=O)NCCc4ccccc4)c(=N)n(CCCn4ccnc4)c3nc12.Cc1cccn2c(=O)c3cc(C(=O)NCCc4ccccc4)c(=N)n(CCCn4ccnc4)c3nc12.Cc1cccn2c(=O)c3cc(C(=O)NCCc4ccccc4)c(=N)n(CCCn4ccnc4)c3nc12. The van der Waals surface area contributed by atoms with E-state index in [9.17, 15) is 28.8 Å². The van der Waals surface area contributed by atoms with E-state index in [1.807, 2.05) is 162 Å². The molecule has 15 aromatic rings. The van der Waals surface area contributed by atoms with E-state index in [0.29, 0.717) is 147 Å². The van der Waals surface area contributed by atoms with Gasteiger partial charge >= 0.3 is 0 Å². The molecule has 12 aromatic heterocycles. The number of rotatable bonds is 24. The first-order valence-corrected chi connectivity index (χ1v) is 36.6. The van der Waals surface area contributed by atoms with Crippen molar-refractivity contribution in [3.05, 3.63) is 318 Å². The van der Waals surface area contributed by atoms with E-state index in [4.69, 9.17) is 41.1 Å². The molecule has 0 radical (unpaired) electrons. The number of carboxylic acids is 1. The predicted molar refractivity (Wildman–Crippen MR) is 424 cm³/mol. The van der Waals surface area contributed by atoms with Gasteiger partial charge < -0.3 is 48.5 Å². The first-order valence-electron chi connectivity index (χ1n) is 36.6. The second-order valence-electron chi connectivity index (χ2n) is 26.7.